The zero-order chi connectivity index (χ0) is 10.4. The molecule has 0 spiro atoms. The Balaban J connectivity index is 2.01. The van der Waals surface area contributed by atoms with E-state index in [1.165, 1.54) is 12.8 Å². The van der Waals surface area contributed by atoms with Crippen molar-refractivity contribution >= 4 is 0 Å². The second kappa shape index (κ2) is 6.41. The quantitative estimate of drug-likeness (QED) is 0.663. The molecule has 84 valence electrons. The van der Waals surface area contributed by atoms with E-state index in [0.29, 0.717) is 0 Å². The summed E-state index contributed by atoms with van der Waals surface area (Å²) in [5, 5.41) is 3.60. The van der Waals surface area contributed by atoms with Gasteiger partial charge in [-0.2, -0.15) is 0 Å². The van der Waals surface area contributed by atoms with E-state index in [2.05, 4.69) is 26.1 Å². The summed E-state index contributed by atoms with van der Waals surface area (Å²) in [7, 11) is 0. The minimum Gasteiger partial charge on any atom is -0.380 e. The van der Waals surface area contributed by atoms with Gasteiger partial charge >= 0.3 is 0 Å². The Morgan fingerprint density at radius 2 is 2.00 bits per heavy atom. The molecule has 1 aliphatic carbocycles. The van der Waals surface area contributed by atoms with Crippen molar-refractivity contribution in [1.82, 2.24) is 5.32 Å². The van der Waals surface area contributed by atoms with Crippen molar-refractivity contribution < 1.29 is 4.74 Å². The lowest BCUT2D eigenvalue weighted by Gasteiger charge is -2.19. The second-order valence-corrected chi connectivity index (χ2v) is 4.59. The van der Waals surface area contributed by atoms with Gasteiger partial charge in [-0.15, -0.1) is 0 Å². The second-order valence-electron chi connectivity index (χ2n) is 4.59. The Kier molecular flexibility index (Phi) is 5.49. The average Bonchev–Trinajstić information content (AvgIpc) is 2.49. The van der Waals surface area contributed by atoms with Crippen LogP contribution in [0, 0.1) is 11.8 Å². The van der Waals surface area contributed by atoms with Gasteiger partial charge in [-0.25, -0.2) is 0 Å². The highest BCUT2D eigenvalue weighted by atomic mass is 16.5. The third-order valence-corrected chi connectivity index (χ3v) is 3.47. The van der Waals surface area contributed by atoms with Crippen LogP contribution < -0.4 is 5.32 Å². The van der Waals surface area contributed by atoms with Crippen LogP contribution in [0.4, 0.5) is 0 Å². The van der Waals surface area contributed by atoms with Crippen molar-refractivity contribution in [3.05, 3.63) is 0 Å². The highest BCUT2D eigenvalue weighted by Crippen LogP contribution is 2.30. The van der Waals surface area contributed by atoms with Gasteiger partial charge in [0.15, 0.2) is 0 Å². The summed E-state index contributed by atoms with van der Waals surface area (Å²) in [6, 6.07) is 0.732. The molecule has 3 unspecified atom stereocenters. The van der Waals surface area contributed by atoms with E-state index in [1.807, 2.05) is 0 Å². The standard InChI is InChI=1S/C12H25NO/c1-4-8-14-9-7-13-12-6-5-10(2)11(12)3/h10-13H,4-9H2,1-3H3. The van der Waals surface area contributed by atoms with E-state index in [9.17, 15) is 0 Å². The first kappa shape index (κ1) is 12.0. The molecule has 2 nitrogen and oxygen atoms in total. The van der Waals surface area contributed by atoms with Crippen molar-refractivity contribution in [1.29, 1.82) is 0 Å². The third kappa shape index (κ3) is 3.58. The number of hydrogen-bond donors (Lipinski definition) is 1. The molecule has 1 saturated carbocycles. The van der Waals surface area contributed by atoms with Crippen LogP contribution in [0.25, 0.3) is 0 Å². The molecule has 0 aromatic rings. The van der Waals surface area contributed by atoms with Crippen LogP contribution in [-0.2, 0) is 4.74 Å². The Hall–Kier alpha value is -0.0800. The Labute approximate surface area is 88.4 Å². The zero-order valence-corrected chi connectivity index (χ0v) is 9.88. The Morgan fingerprint density at radius 3 is 2.57 bits per heavy atom. The minimum absolute atomic E-state index is 0.732. The molecule has 1 aliphatic rings. The molecule has 0 bridgehead atoms. The highest BCUT2D eigenvalue weighted by molar-refractivity contribution is 4.84. The maximum Gasteiger partial charge on any atom is 0.0590 e. The molecule has 0 aromatic carbocycles. The third-order valence-electron chi connectivity index (χ3n) is 3.47. The summed E-state index contributed by atoms with van der Waals surface area (Å²) in [6.07, 6.45) is 3.85. The van der Waals surface area contributed by atoms with E-state index in [-0.39, 0.29) is 0 Å². The van der Waals surface area contributed by atoms with Crippen LogP contribution in [0.1, 0.15) is 40.0 Å². The zero-order valence-electron chi connectivity index (χ0n) is 9.88. The van der Waals surface area contributed by atoms with Crippen LogP contribution >= 0.6 is 0 Å². The van der Waals surface area contributed by atoms with Gasteiger partial charge in [0.05, 0.1) is 6.61 Å². The lowest BCUT2D eigenvalue weighted by atomic mass is 9.98. The van der Waals surface area contributed by atoms with Gasteiger partial charge in [0.25, 0.3) is 0 Å². The fourth-order valence-electron chi connectivity index (χ4n) is 2.22. The molecule has 0 heterocycles. The molecule has 1 rings (SSSR count). The molecule has 0 aromatic heterocycles. The van der Waals surface area contributed by atoms with Gasteiger partial charge in [-0.05, 0) is 31.1 Å². The lowest BCUT2D eigenvalue weighted by molar-refractivity contribution is 0.132. The fourth-order valence-corrected chi connectivity index (χ4v) is 2.22. The van der Waals surface area contributed by atoms with Crippen LogP contribution in [0.15, 0.2) is 0 Å². The van der Waals surface area contributed by atoms with Gasteiger partial charge in [0, 0.05) is 19.2 Å². The molecule has 1 fully saturated rings. The molecular weight excluding hydrogens is 174 g/mol. The largest absolute Gasteiger partial charge is 0.380 e. The summed E-state index contributed by atoms with van der Waals surface area (Å²) in [6.45, 7) is 9.65. The van der Waals surface area contributed by atoms with Crippen LogP contribution in [0.2, 0.25) is 0 Å². The van der Waals surface area contributed by atoms with Gasteiger partial charge in [0.1, 0.15) is 0 Å². The molecule has 0 radical (unpaired) electrons. The van der Waals surface area contributed by atoms with Crippen molar-refractivity contribution in [3.63, 3.8) is 0 Å². The highest BCUT2D eigenvalue weighted by Gasteiger charge is 2.28. The first-order chi connectivity index (χ1) is 6.75. The first-order valence-corrected chi connectivity index (χ1v) is 6.06. The maximum atomic E-state index is 5.44. The summed E-state index contributed by atoms with van der Waals surface area (Å²) in [4.78, 5) is 0. The number of ether oxygens (including phenoxy) is 1. The monoisotopic (exact) mass is 199 g/mol. The minimum atomic E-state index is 0.732. The van der Waals surface area contributed by atoms with Crippen molar-refractivity contribution in [3.8, 4) is 0 Å². The molecule has 3 atom stereocenters. The molecule has 1 N–H and O–H groups in total. The maximum absolute atomic E-state index is 5.44. The van der Waals surface area contributed by atoms with Gasteiger partial charge in [-0.3, -0.25) is 0 Å². The molecule has 2 heteroatoms. The van der Waals surface area contributed by atoms with Crippen LogP contribution in [0.5, 0.6) is 0 Å². The lowest BCUT2D eigenvalue weighted by Crippen LogP contribution is -2.34. The molecular formula is C12H25NO. The number of rotatable bonds is 6. The average molecular weight is 199 g/mol. The summed E-state index contributed by atoms with van der Waals surface area (Å²) < 4.78 is 5.44. The predicted octanol–water partition coefficient (Wildman–Crippen LogP) is 2.44. The van der Waals surface area contributed by atoms with Gasteiger partial charge < -0.3 is 10.1 Å². The number of hydrogen-bond acceptors (Lipinski definition) is 2. The van der Waals surface area contributed by atoms with E-state index in [4.69, 9.17) is 4.74 Å². The van der Waals surface area contributed by atoms with E-state index < -0.39 is 0 Å². The van der Waals surface area contributed by atoms with Gasteiger partial charge in [0.2, 0.25) is 0 Å². The molecule has 0 aliphatic heterocycles. The van der Waals surface area contributed by atoms with E-state index in [1.54, 1.807) is 0 Å². The normalized spacial score (nSPS) is 32.4. The fraction of sp³-hybridized carbons (Fsp3) is 1.00. The molecule has 0 amide bonds. The summed E-state index contributed by atoms with van der Waals surface area (Å²) >= 11 is 0. The summed E-state index contributed by atoms with van der Waals surface area (Å²) in [5.41, 5.74) is 0. The predicted molar refractivity (Wildman–Crippen MR) is 60.5 cm³/mol. The van der Waals surface area contributed by atoms with Crippen molar-refractivity contribution in [2.24, 2.45) is 11.8 Å². The van der Waals surface area contributed by atoms with Crippen molar-refractivity contribution in [2.75, 3.05) is 19.8 Å². The molecule has 0 saturated heterocycles. The smallest absolute Gasteiger partial charge is 0.0590 e. The van der Waals surface area contributed by atoms with Crippen molar-refractivity contribution in [2.45, 2.75) is 46.1 Å². The molecule has 14 heavy (non-hydrogen) atoms. The van der Waals surface area contributed by atoms with E-state index >= 15 is 0 Å². The number of nitrogens with one attached hydrogen (secondary N) is 1. The van der Waals surface area contributed by atoms with E-state index in [0.717, 1.165) is 44.1 Å². The topological polar surface area (TPSA) is 21.3 Å². The van der Waals surface area contributed by atoms with Gasteiger partial charge in [-0.1, -0.05) is 20.8 Å². The Morgan fingerprint density at radius 1 is 1.21 bits per heavy atom. The summed E-state index contributed by atoms with van der Waals surface area (Å²) in [5.74, 6) is 1.73. The van der Waals surface area contributed by atoms with Crippen LogP contribution in [-0.4, -0.2) is 25.8 Å². The first-order valence-electron chi connectivity index (χ1n) is 6.06. The SMILES string of the molecule is CCCOCCNC1CCC(C)C1C. The Bertz CT molecular complexity index is 149. The van der Waals surface area contributed by atoms with Crippen LogP contribution in [0.3, 0.4) is 0 Å².